The topological polar surface area (TPSA) is 75.9 Å². The van der Waals surface area contributed by atoms with Crippen molar-refractivity contribution < 1.29 is 22.7 Å². The van der Waals surface area contributed by atoms with Gasteiger partial charge in [-0.3, -0.25) is 4.79 Å². The molecular formula is C21H23F3N6O2. The van der Waals surface area contributed by atoms with Crippen molar-refractivity contribution in [1.29, 1.82) is 0 Å². The van der Waals surface area contributed by atoms with E-state index in [1.807, 2.05) is 11.8 Å². The minimum Gasteiger partial charge on any atom is -0.466 e. The third-order valence-electron chi connectivity index (χ3n) is 5.45. The fourth-order valence-corrected chi connectivity index (χ4v) is 3.91. The largest absolute Gasteiger partial charge is 0.466 e. The van der Waals surface area contributed by atoms with Gasteiger partial charge in [-0.15, -0.1) is 0 Å². The molecule has 1 aromatic carbocycles. The number of aromatic nitrogens is 4. The zero-order valence-corrected chi connectivity index (χ0v) is 17.8. The number of hydrogen-bond donors (Lipinski definition) is 0. The van der Waals surface area contributed by atoms with Gasteiger partial charge in [-0.2, -0.15) is 27.8 Å². The van der Waals surface area contributed by atoms with E-state index in [2.05, 4.69) is 20.0 Å². The van der Waals surface area contributed by atoms with Gasteiger partial charge in [-0.1, -0.05) is 6.07 Å². The van der Waals surface area contributed by atoms with Crippen LogP contribution in [-0.4, -0.2) is 58.3 Å². The van der Waals surface area contributed by atoms with Gasteiger partial charge in [0.1, 0.15) is 12.1 Å². The average molecular weight is 448 g/mol. The van der Waals surface area contributed by atoms with Gasteiger partial charge >= 0.3 is 12.1 Å². The monoisotopic (exact) mass is 448 g/mol. The molecule has 1 fully saturated rings. The normalized spacial score (nSPS) is 14.8. The summed E-state index contributed by atoms with van der Waals surface area (Å²) in [5.41, 5.74) is 1.23. The first-order valence-electron chi connectivity index (χ1n) is 10.3. The van der Waals surface area contributed by atoms with Crippen LogP contribution in [0.2, 0.25) is 0 Å². The Labute approximate surface area is 182 Å². The molecule has 3 aromatic rings. The molecule has 0 atom stereocenters. The first-order chi connectivity index (χ1) is 15.3. The number of fused-ring (bicyclic) bond motifs is 1. The number of halogens is 3. The lowest BCUT2D eigenvalue weighted by atomic mass is 10.1. The van der Waals surface area contributed by atoms with E-state index in [-0.39, 0.29) is 19.0 Å². The quantitative estimate of drug-likeness (QED) is 0.556. The van der Waals surface area contributed by atoms with Crippen LogP contribution < -0.4 is 9.80 Å². The molecular weight excluding hydrogens is 425 g/mol. The Hall–Kier alpha value is -3.37. The zero-order chi connectivity index (χ0) is 22.9. The van der Waals surface area contributed by atoms with Gasteiger partial charge in [0.15, 0.2) is 0 Å². The number of carbonyl (C=O) groups is 1. The summed E-state index contributed by atoms with van der Waals surface area (Å²) in [6.07, 6.45) is -2.93. The second-order valence-corrected chi connectivity index (χ2v) is 7.48. The number of alkyl halides is 3. The van der Waals surface area contributed by atoms with Crippen LogP contribution in [0.5, 0.6) is 0 Å². The molecule has 0 radical (unpaired) electrons. The van der Waals surface area contributed by atoms with Gasteiger partial charge in [0.2, 0.25) is 0 Å². The maximum Gasteiger partial charge on any atom is 0.416 e. The Morgan fingerprint density at radius 3 is 2.56 bits per heavy atom. The number of hydrogen-bond acceptors (Lipinski definition) is 7. The number of carbonyl (C=O) groups excluding carboxylic acids is 1. The maximum absolute atomic E-state index is 13.1. The van der Waals surface area contributed by atoms with Crippen LogP contribution in [0.25, 0.3) is 5.78 Å². The molecule has 0 bridgehead atoms. The van der Waals surface area contributed by atoms with Gasteiger partial charge in [-0.25, -0.2) is 4.98 Å². The fourth-order valence-electron chi connectivity index (χ4n) is 3.91. The molecule has 0 N–H and O–H groups in total. The molecule has 0 saturated carbocycles. The van der Waals surface area contributed by atoms with E-state index in [4.69, 9.17) is 4.74 Å². The predicted molar refractivity (Wildman–Crippen MR) is 112 cm³/mol. The molecule has 1 saturated heterocycles. The van der Waals surface area contributed by atoms with Gasteiger partial charge in [0.25, 0.3) is 5.78 Å². The average Bonchev–Trinajstić information content (AvgIpc) is 3.22. The number of piperazine rings is 1. The Morgan fingerprint density at radius 1 is 1.16 bits per heavy atom. The van der Waals surface area contributed by atoms with Crippen LogP contribution in [-0.2, 0) is 22.1 Å². The highest BCUT2D eigenvalue weighted by Crippen LogP contribution is 2.32. The Morgan fingerprint density at radius 2 is 1.88 bits per heavy atom. The van der Waals surface area contributed by atoms with E-state index >= 15 is 0 Å². The SMILES string of the molecule is CCOC(=O)Cc1c(C)nc2ncnn2c1N1CCN(c2cccc(C(F)(F)F)c2)CC1. The van der Waals surface area contributed by atoms with Crippen LogP contribution >= 0.6 is 0 Å². The van der Waals surface area contributed by atoms with Crippen LogP contribution in [0, 0.1) is 6.92 Å². The summed E-state index contributed by atoms with van der Waals surface area (Å²) in [5.74, 6) is 0.771. The molecule has 0 aliphatic carbocycles. The molecule has 1 aliphatic heterocycles. The number of benzene rings is 1. The van der Waals surface area contributed by atoms with E-state index in [1.54, 1.807) is 17.5 Å². The van der Waals surface area contributed by atoms with Gasteiger partial charge < -0.3 is 14.5 Å². The summed E-state index contributed by atoms with van der Waals surface area (Å²) in [6.45, 7) is 5.93. The van der Waals surface area contributed by atoms with Crippen LogP contribution in [0.4, 0.5) is 24.7 Å². The van der Waals surface area contributed by atoms with E-state index in [9.17, 15) is 18.0 Å². The number of nitrogens with zero attached hydrogens (tertiary/aromatic N) is 6. The second kappa shape index (κ2) is 8.64. The predicted octanol–water partition coefficient (Wildman–Crippen LogP) is 2.88. The summed E-state index contributed by atoms with van der Waals surface area (Å²) in [6, 6.07) is 5.35. The third-order valence-corrected chi connectivity index (χ3v) is 5.45. The Bertz CT molecular complexity index is 1120. The van der Waals surface area contributed by atoms with E-state index in [0.29, 0.717) is 54.7 Å². The highest BCUT2D eigenvalue weighted by atomic mass is 19.4. The molecule has 8 nitrogen and oxygen atoms in total. The minimum atomic E-state index is -4.38. The highest BCUT2D eigenvalue weighted by Gasteiger charge is 2.31. The smallest absolute Gasteiger partial charge is 0.416 e. The fraction of sp³-hybridized carbons (Fsp3) is 0.429. The van der Waals surface area contributed by atoms with Crippen LogP contribution in [0.3, 0.4) is 0 Å². The molecule has 3 heterocycles. The lowest BCUT2D eigenvalue weighted by Crippen LogP contribution is -2.47. The molecule has 170 valence electrons. The Balaban J connectivity index is 1.60. The van der Waals surface area contributed by atoms with E-state index < -0.39 is 11.7 Å². The van der Waals surface area contributed by atoms with Gasteiger partial charge in [0.05, 0.1) is 18.6 Å². The number of esters is 1. The van der Waals surface area contributed by atoms with Crippen molar-refractivity contribution in [3.05, 3.63) is 47.4 Å². The van der Waals surface area contributed by atoms with Crippen molar-refractivity contribution in [2.45, 2.75) is 26.4 Å². The second-order valence-electron chi connectivity index (χ2n) is 7.48. The first kappa shape index (κ1) is 21.8. The van der Waals surface area contributed by atoms with Crippen molar-refractivity contribution in [2.75, 3.05) is 42.6 Å². The first-order valence-corrected chi connectivity index (χ1v) is 10.3. The van der Waals surface area contributed by atoms with E-state index in [0.717, 1.165) is 6.07 Å². The molecule has 1 aliphatic rings. The van der Waals surface area contributed by atoms with E-state index in [1.165, 1.54) is 18.5 Å². The van der Waals surface area contributed by atoms with Crippen molar-refractivity contribution in [3.63, 3.8) is 0 Å². The summed E-state index contributed by atoms with van der Waals surface area (Å²) < 4.78 is 46.0. The van der Waals surface area contributed by atoms with Crippen molar-refractivity contribution in [2.24, 2.45) is 0 Å². The van der Waals surface area contributed by atoms with Crippen molar-refractivity contribution in [3.8, 4) is 0 Å². The molecule has 0 spiro atoms. The lowest BCUT2D eigenvalue weighted by molar-refractivity contribution is -0.142. The van der Waals surface area contributed by atoms with Crippen LogP contribution in [0.1, 0.15) is 23.7 Å². The lowest BCUT2D eigenvalue weighted by Gasteiger charge is -2.38. The standard InChI is InChI=1S/C21H23F3N6O2/c1-3-32-18(31)12-17-14(2)27-20-25-13-26-30(20)19(17)29-9-7-28(8-10-29)16-6-4-5-15(11-16)21(22,23)24/h4-6,11,13H,3,7-10,12H2,1-2H3. The molecule has 32 heavy (non-hydrogen) atoms. The van der Waals surface area contributed by atoms with Crippen molar-refractivity contribution >= 4 is 23.3 Å². The molecule has 11 heteroatoms. The minimum absolute atomic E-state index is 0.0473. The van der Waals surface area contributed by atoms with Crippen molar-refractivity contribution in [1.82, 2.24) is 19.6 Å². The maximum atomic E-state index is 13.1. The Kier molecular flexibility index (Phi) is 5.90. The molecule has 0 unspecified atom stereocenters. The summed E-state index contributed by atoms with van der Waals surface area (Å²) in [5, 5.41) is 4.28. The number of anilines is 2. The van der Waals surface area contributed by atoms with Gasteiger partial charge in [0, 0.05) is 43.1 Å². The zero-order valence-electron chi connectivity index (χ0n) is 17.8. The highest BCUT2D eigenvalue weighted by molar-refractivity contribution is 5.76. The number of rotatable bonds is 5. The molecule has 4 rings (SSSR count). The van der Waals surface area contributed by atoms with Crippen LogP contribution in [0.15, 0.2) is 30.6 Å². The summed E-state index contributed by atoms with van der Waals surface area (Å²) in [7, 11) is 0. The number of ether oxygens (including phenoxy) is 1. The summed E-state index contributed by atoms with van der Waals surface area (Å²) in [4.78, 5) is 24.8. The third kappa shape index (κ3) is 4.32. The molecule has 2 aromatic heterocycles. The number of aryl methyl sites for hydroxylation is 1. The van der Waals surface area contributed by atoms with Gasteiger partial charge in [-0.05, 0) is 32.0 Å². The molecule has 0 amide bonds. The summed E-state index contributed by atoms with van der Waals surface area (Å²) >= 11 is 0.